The second kappa shape index (κ2) is 6.86. The van der Waals surface area contributed by atoms with Crippen molar-refractivity contribution >= 4 is 21.8 Å². The number of tetrazole rings is 1. The monoisotopic (exact) mass is 319 g/mol. The lowest BCUT2D eigenvalue weighted by Gasteiger charge is -2.22. The molecule has 1 aliphatic carbocycles. The van der Waals surface area contributed by atoms with Crippen LogP contribution in [0.1, 0.15) is 38.1 Å². The quantitative estimate of drug-likeness (QED) is 0.732. The van der Waals surface area contributed by atoms with Gasteiger partial charge in [-0.15, -0.1) is 5.10 Å². The Kier molecular flexibility index (Phi) is 5.39. The second-order valence-electron chi connectivity index (χ2n) is 5.14. The van der Waals surface area contributed by atoms with Crippen molar-refractivity contribution < 1.29 is 8.42 Å². The topological polar surface area (TPSA) is 81.0 Å². The number of hydrogen-bond acceptors (Lipinski definition) is 6. The molecule has 1 heterocycles. The van der Waals surface area contributed by atoms with Gasteiger partial charge in [-0.3, -0.25) is 0 Å². The molecule has 0 bridgehead atoms. The fraction of sp³-hybridized carbons (Fsp3) is 0.909. The van der Waals surface area contributed by atoms with Gasteiger partial charge < -0.3 is 0 Å². The summed E-state index contributed by atoms with van der Waals surface area (Å²) in [5.74, 6) is 0.565. The lowest BCUT2D eigenvalue weighted by atomic mass is 9.96. The maximum Gasteiger partial charge on any atom is 0.214 e. The van der Waals surface area contributed by atoms with Crippen LogP contribution in [0.3, 0.4) is 0 Å². The predicted octanol–water partition coefficient (Wildman–Crippen LogP) is 1.16. The summed E-state index contributed by atoms with van der Waals surface area (Å²) in [7, 11) is -0.0591. The van der Waals surface area contributed by atoms with Crippen LogP contribution in [0, 0.1) is 0 Å². The molecule has 0 radical (unpaired) electrons. The summed E-state index contributed by atoms with van der Waals surface area (Å²) in [6, 6.07) is 0.367. The van der Waals surface area contributed by atoms with Crippen molar-refractivity contribution in [2.24, 2.45) is 0 Å². The summed E-state index contributed by atoms with van der Waals surface area (Å²) >= 11 is 1.41. The molecule has 9 heteroatoms. The Morgan fingerprint density at radius 1 is 1.30 bits per heavy atom. The highest BCUT2D eigenvalue weighted by Gasteiger charge is 2.21. The Hall–Kier alpha value is -0.670. The van der Waals surface area contributed by atoms with E-state index in [0.717, 1.165) is 18.0 Å². The molecule has 0 spiro atoms. The molecule has 20 heavy (non-hydrogen) atoms. The molecule has 0 atom stereocenters. The third-order valence-corrected chi connectivity index (χ3v) is 6.54. The molecule has 1 saturated carbocycles. The summed E-state index contributed by atoms with van der Waals surface area (Å²) < 4.78 is 26.5. The molecule has 0 N–H and O–H groups in total. The van der Waals surface area contributed by atoms with Crippen molar-refractivity contribution in [3.05, 3.63) is 0 Å². The second-order valence-corrected chi connectivity index (χ2v) is 8.51. The number of aromatic nitrogens is 4. The number of hydrogen-bond donors (Lipinski definition) is 0. The van der Waals surface area contributed by atoms with Crippen LogP contribution in [0.4, 0.5) is 0 Å². The largest absolute Gasteiger partial charge is 0.217 e. The smallest absolute Gasteiger partial charge is 0.214 e. The van der Waals surface area contributed by atoms with Gasteiger partial charge in [0.15, 0.2) is 0 Å². The fourth-order valence-electron chi connectivity index (χ4n) is 2.26. The molecule has 7 nitrogen and oxygen atoms in total. The van der Waals surface area contributed by atoms with Crippen LogP contribution >= 0.6 is 11.8 Å². The minimum absolute atomic E-state index is 0.0994. The number of sulfonamides is 1. The molecule has 0 aromatic carbocycles. The highest BCUT2D eigenvalue weighted by atomic mass is 32.2. The molecule has 1 aliphatic rings. The first-order chi connectivity index (χ1) is 9.50. The van der Waals surface area contributed by atoms with E-state index in [-0.39, 0.29) is 5.75 Å². The molecule has 0 amide bonds. The Morgan fingerprint density at radius 2 is 2.00 bits per heavy atom. The first-order valence-corrected chi connectivity index (χ1v) is 9.41. The normalized spacial score (nSPS) is 17.8. The maximum atomic E-state index is 11.7. The lowest BCUT2D eigenvalue weighted by molar-refractivity contribution is 0.307. The standard InChI is InChI=1S/C11H21N5O2S2/c1-15(2)20(17,18)9-8-19-11-12-13-14-16(11)10-6-4-3-5-7-10/h10H,3-9H2,1-2H3. The molecule has 2 rings (SSSR count). The molecule has 0 saturated heterocycles. The van der Waals surface area contributed by atoms with Crippen LogP contribution in [-0.2, 0) is 10.0 Å². The lowest BCUT2D eigenvalue weighted by Crippen LogP contribution is -2.26. The van der Waals surface area contributed by atoms with Crippen LogP contribution in [0.5, 0.6) is 0 Å². The zero-order valence-corrected chi connectivity index (χ0v) is 13.5. The van der Waals surface area contributed by atoms with E-state index in [1.54, 1.807) is 14.1 Å². The number of thioether (sulfide) groups is 1. The SMILES string of the molecule is CN(C)S(=O)(=O)CCSc1nnnn1C1CCCCC1. The Balaban J connectivity index is 1.92. The Labute approximate surface area is 124 Å². The molecule has 1 fully saturated rings. The van der Waals surface area contributed by atoms with Gasteiger partial charge in [0.1, 0.15) is 0 Å². The van der Waals surface area contributed by atoms with Gasteiger partial charge in [0, 0.05) is 19.8 Å². The van der Waals surface area contributed by atoms with Gasteiger partial charge in [-0.25, -0.2) is 17.4 Å². The summed E-state index contributed by atoms with van der Waals surface area (Å²) in [5, 5.41) is 12.5. The summed E-state index contributed by atoms with van der Waals surface area (Å²) in [5.41, 5.74) is 0. The highest BCUT2D eigenvalue weighted by Crippen LogP contribution is 2.30. The van der Waals surface area contributed by atoms with Crippen LogP contribution in [0.25, 0.3) is 0 Å². The van der Waals surface area contributed by atoms with Gasteiger partial charge in [0.2, 0.25) is 15.2 Å². The van der Waals surface area contributed by atoms with Crippen molar-refractivity contribution in [3.8, 4) is 0 Å². The summed E-state index contributed by atoms with van der Waals surface area (Å²) in [6.07, 6.45) is 5.92. The van der Waals surface area contributed by atoms with Gasteiger partial charge in [0.05, 0.1) is 11.8 Å². The van der Waals surface area contributed by atoms with Gasteiger partial charge in [-0.2, -0.15) is 0 Å². The number of nitrogens with zero attached hydrogens (tertiary/aromatic N) is 5. The van der Waals surface area contributed by atoms with E-state index in [2.05, 4.69) is 15.5 Å². The zero-order valence-electron chi connectivity index (χ0n) is 11.9. The van der Waals surface area contributed by atoms with E-state index in [1.807, 2.05) is 4.68 Å². The third-order valence-electron chi connectivity index (χ3n) is 3.51. The van der Waals surface area contributed by atoms with Crippen molar-refractivity contribution in [3.63, 3.8) is 0 Å². The molecular formula is C11H21N5O2S2. The van der Waals surface area contributed by atoms with Gasteiger partial charge in [-0.05, 0) is 23.3 Å². The van der Waals surface area contributed by atoms with Gasteiger partial charge in [-0.1, -0.05) is 31.0 Å². The predicted molar refractivity (Wildman–Crippen MR) is 78.1 cm³/mol. The van der Waals surface area contributed by atoms with E-state index >= 15 is 0 Å². The molecular weight excluding hydrogens is 298 g/mol. The number of rotatable bonds is 6. The molecule has 0 unspecified atom stereocenters. The van der Waals surface area contributed by atoms with E-state index in [4.69, 9.17) is 0 Å². The van der Waals surface area contributed by atoms with E-state index in [0.29, 0.717) is 11.8 Å². The molecule has 1 aromatic rings. The summed E-state index contributed by atoms with van der Waals surface area (Å²) in [4.78, 5) is 0. The van der Waals surface area contributed by atoms with Crippen molar-refractivity contribution in [2.75, 3.05) is 25.6 Å². The Morgan fingerprint density at radius 3 is 2.65 bits per heavy atom. The van der Waals surface area contributed by atoms with Gasteiger partial charge >= 0.3 is 0 Å². The van der Waals surface area contributed by atoms with Crippen molar-refractivity contribution in [2.45, 2.75) is 43.3 Å². The first-order valence-electron chi connectivity index (χ1n) is 6.81. The molecule has 0 aliphatic heterocycles. The average Bonchev–Trinajstić information content (AvgIpc) is 2.88. The average molecular weight is 319 g/mol. The maximum absolute atomic E-state index is 11.7. The van der Waals surface area contributed by atoms with Gasteiger partial charge in [0.25, 0.3) is 0 Å². The third kappa shape index (κ3) is 3.92. The highest BCUT2D eigenvalue weighted by molar-refractivity contribution is 8.00. The van der Waals surface area contributed by atoms with E-state index in [9.17, 15) is 8.42 Å². The van der Waals surface area contributed by atoms with Crippen LogP contribution in [0.15, 0.2) is 5.16 Å². The van der Waals surface area contributed by atoms with Crippen LogP contribution < -0.4 is 0 Å². The van der Waals surface area contributed by atoms with Crippen molar-refractivity contribution in [1.82, 2.24) is 24.5 Å². The van der Waals surface area contributed by atoms with Crippen LogP contribution in [0.2, 0.25) is 0 Å². The minimum atomic E-state index is -3.15. The molecule has 1 aromatic heterocycles. The zero-order chi connectivity index (χ0) is 14.6. The van der Waals surface area contributed by atoms with E-state index < -0.39 is 10.0 Å². The Bertz CT molecular complexity index is 523. The molecule has 114 valence electrons. The summed E-state index contributed by atoms with van der Waals surface area (Å²) in [6.45, 7) is 0. The minimum Gasteiger partial charge on any atom is -0.217 e. The van der Waals surface area contributed by atoms with Crippen molar-refractivity contribution in [1.29, 1.82) is 0 Å². The van der Waals surface area contributed by atoms with Crippen LogP contribution in [-0.4, -0.2) is 58.5 Å². The fourth-order valence-corrected chi connectivity index (χ4v) is 4.39. The van der Waals surface area contributed by atoms with E-state index in [1.165, 1.54) is 35.3 Å². The first kappa shape index (κ1) is 15.7.